The molecule has 2 aromatic rings. The van der Waals surface area contributed by atoms with Gasteiger partial charge in [-0.15, -0.1) is 0 Å². The number of rotatable bonds is 2. The van der Waals surface area contributed by atoms with E-state index in [0.717, 1.165) is 5.69 Å². The smallest absolute Gasteiger partial charge is 0.188 e. The van der Waals surface area contributed by atoms with E-state index in [-0.39, 0.29) is 6.23 Å². The Morgan fingerprint density at radius 1 is 0.842 bits per heavy atom. The summed E-state index contributed by atoms with van der Waals surface area (Å²) in [6.45, 7) is 0. The average Bonchev–Trinajstić information content (AvgIpc) is 2.41. The summed E-state index contributed by atoms with van der Waals surface area (Å²) in [6, 6.07) is 14.6. The number of nitrogens with one attached hydrogen (secondary N) is 1. The van der Waals surface area contributed by atoms with Crippen molar-refractivity contribution in [3.05, 3.63) is 79.1 Å². The SMILES string of the molecule is C1=C/C=C/C(Nc2ccc3ccccc3c2)OC=C1. The van der Waals surface area contributed by atoms with Gasteiger partial charge < -0.3 is 10.1 Å². The number of allylic oxidation sites excluding steroid dienone is 4. The molecule has 3 rings (SSSR count). The molecule has 0 aromatic heterocycles. The molecule has 1 aliphatic heterocycles. The highest BCUT2D eigenvalue weighted by molar-refractivity contribution is 5.85. The molecule has 0 saturated carbocycles. The summed E-state index contributed by atoms with van der Waals surface area (Å²) >= 11 is 0. The van der Waals surface area contributed by atoms with Crippen molar-refractivity contribution in [2.45, 2.75) is 6.23 Å². The summed E-state index contributed by atoms with van der Waals surface area (Å²) in [6.07, 6.45) is 11.3. The molecule has 0 spiro atoms. The molecule has 1 heterocycles. The minimum Gasteiger partial charge on any atom is -0.475 e. The molecule has 1 atom stereocenters. The first-order valence-corrected chi connectivity index (χ1v) is 6.33. The molecule has 0 saturated heterocycles. The summed E-state index contributed by atoms with van der Waals surface area (Å²) in [5.41, 5.74) is 1.05. The molecule has 94 valence electrons. The first-order chi connectivity index (χ1) is 9.42. The van der Waals surface area contributed by atoms with Crippen LogP contribution in [0.4, 0.5) is 5.69 Å². The third kappa shape index (κ3) is 2.86. The van der Waals surface area contributed by atoms with Crippen LogP contribution in [0.25, 0.3) is 10.8 Å². The van der Waals surface area contributed by atoms with Gasteiger partial charge in [0.2, 0.25) is 0 Å². The van der Waals surface area contributed by atoms with Crippen molar-refractivity contribution >= 4 is 16.5 Å². The van der Waals surface area contributed by atoms with E-state index in [1.807, 2.05) is 42.5 Å². The van der Waals surface area contributed by atoms with Crippen LogP contribution in [0.5, 0.6) is 0 Å². The minimum atomic E-state index is -0.151. The van der Waals surface area contributed by atoms with Crippen molar-refractivity contribution in [2.75, 3.05) is 5.32 Å². The normalized spacial score (nSPS) is 19.5. The van der Waals surface area contributed by atoms with Gasteiger partial charge in [0.1, 0.15) is 0 Å². The predicted molar refractivity (Wildman–Crippen MR) is 79.9 cm³/mol. The van der Waals surface area contributed by atoms with Crippen LogP contribution in [-0.4, -0.2) is 6.23 Å². The first-order valence-electron chi connectivity index (χ1n) is 6.33. The fraction of sp³-hybridized carbons (Fsp3) is 0.0588. The molecule has 0 fully saturated rings. The summed E-state index contributed by atoms with van der Waals surface area (Å²) < 4.78 is 5.57. The second-order valence-corrected chi connectivity index (χ2v) is 4.36. The van der Waals surface area contributed by atoms with E-state index in [1.54, 1.807) is 6.26 Å². The van der Waals surface area contributed by atoms with Gasteiger partial charge in [0.25, 0.3) is 0 Å². The van der Waals surface area contributed by atoms with Crippen LogP contribution in [0.1, 0.15) is 0 Å². The Kier molecular flexibility index (Phi) is 3.32. The van der Waals surface area contributed by atoms with E-state index in [1.165, 1.54) is 10.8 Å². The second-order valence-electron chi connectivity index (χ2n) is 4.36. The standard InChI is InChI=1S/C17H15NO/c1-2-6-12-19-17(9-3-1)18-16-11-10-14-7-4-5-8-15(14)13-16/h1-13,17-18H/b2-1?,9-3+,12-6?. The Balaban J connectivity index is 1.82. The number of ether oxygens (including phenoxy) is 1. The quantitative estimate of drug-likeness (QED) is 0.859. The third-order valence-corrected chi connectivity index (χ3v) is 2.98. The molecule has 0 bridgehead atoms. The Morgan fingerprint density at radius 2 is 1.68 bits per heavy atom. The molecule has 1 unspecified atom stereocenters. The van der Waals surface area contributed by atoms with Crippen LogP contribution in [-0.2, 0) is 4.74 Å². The van der Waals surface area contributed by atoms with Crippen LogP contribution in [0.15, 0.2) is 79.1 Å². The summed E-state index contributed by atoms with van der Waals surface area (Å²) in [5, 5.41) is 5.81. The Morgan fingerprint density at radius 3 is 2.63 bits per heavy atom. The Bertz CT molecular complexity index is 655. The van der Waals surface area contributed by atoms with E-state index in [4.69, 9.17) is 4.74 Å². The van der Waals surface area contributed by atoms with Gasteiger partial charge in [0.05, 0.1) is 6.26 Å². The number of hydrogen-bond donors (Lipinski definition) is 1. The summed E-state index contributed by atoms with van der Waals surface area (Å²) in [4.78, 5) is 0. The van der Waals surface area contributed by atoms with E-state index in [2.05, 4.69) is 35.6 Å². The topological polar surface area (TPSA) is 21.3 Å². The predicted octanol–water partition coefficient (Wildman–Crippen LogP) is 4.23. The van der Waals surface area contributed by atoms with E-state index in [0.29, 0.717) is 0 Å². The molecule has 19 heavy (non-hydrogen) atoms. The van der Waals surface area contributed by atoms with Gasteiger partial charge in [-0.1, -0.05) is 48.6 Å². The van der Waals surface area contributed by atoms with E-state index < -0.39 is 0 Å². The van der Waals surface area contributed by atoms with Crippen molar-refractivity contribution in [1.82, 2.24) is 0 Å². The lowest BCUT2D eigenvalue weighted by Gasteiger charge is -2.16. The van der Waals surface area contributed by atoms with Crippen molar-refractivity contribution in [2.24, 2.45) is 0 Å². The van der Waals surface area contributed by atoms with Gasteiger partial charge in [0, 0.05) is 5.69 Å². The fourth-order valence-electron chi connectivity index (χ4n) is 2.04. The fourth-order valence-corrected chi connectivity index (χ4v) is 2.04. The van der Waals surface area contributed by atoms with Crippen LogP contribution in [0.3, 0.4) is 0 Å². The van der Waals surface area contributed by atoms with Gasteiger partial charge in [-0.2, -0.15) is 0 Å². The van der Waals surface area contributed by atoms with Crippen molar-refractivity contribution in [3.63, 3.8) is 0 Å². The molecule has 0 aliphatic carbocycles. The maximum Gasteiger partial charge on any atom is 0.188 e. The molecule has 2 aromatic carbocycles. The maximum atomic E-state index is 5.57. The van der Waals surface area contributed by atoms with Gasteiger partial charge in [-0.25, -0.2) is 0 Å². The number of fused-ring (bicyclic) bond motifs is 1. The van der Waals surface area contributed by atoms with Crippen molar-refractivity contribution < 1.29 is 4.74 Å². The lowest BCUT2D eigenvalue weighted by molar-refractivity contribution is 0.211. The van der Waals surface area contributed by atoms with Gasteiger partial charge in [0.15, 0.2) is 6.23 Å². The van der Waals surface area contributed by atoms with Crippen molar-refractivity contribution in [3.8, 4) is 0 Å². The molecule has 0 amide bonds. The van der Waals surface area contributed by atoms with Crippen molar-refractivity contribution in [1.29, 1.82) is 0 Å². The number of hydrogen-bond acceptors (Lipinski definition) is 2. The Hall–Kier alpha value is -2.48. The monoisotopic (exact) mass is 249 g/mol. The minimum absolute atomic E-state index is 0.151. The van der Waals surface area contributed by atoms with Gasteiger partial charge in [-0.05, 0) is 35.1 Å². The highest BCUT2D eigenvalue weighted by Gasteiger charge is 2.04. The maximum absolute atomic E-state index is 5.57. The van der Waals surface area contributed by atoms with Crippen LogP contribution < -0.4 is 5.32 Å². The van der Waals surface area contributed by atoms with Crippen LogP contribution in [0, 0.1) is 0 Å². The van der Waals surface area contributed by atoms with Crippen LogP contribution >= 0.6 is 0 Å². The summed E-state index contributed by atoms with van der Waals surface area (Å²) in [7, 11) is 0. The highest BCUT2D eigenvalue weighted by atomic mass is 16.5. The molecule has 2 nitrogen and oxygen atoms in total. The largest absolute Gasteiger partial charge is 0.475 e. The molecular weight excluding hydrogens is 234 g/mol. The zero-order valence-corrected chi connectivity index (χ0v) is 10.5. The highest BCUT2D eigenvalue weighted by Crippen LogP contribution is 2.20. The molecule has 1 N–H and O–H groups in total. The molecule has 1 aliphatic rings. The molecule has 0 radical (unpaired) electrons. The zero-order valence-electron chi connectivity index (χ0n) is 10.5. The van der Waals surface area contributed by atoms with Gasteiger partial charge >= 0.3 is 0 Å². The first kappa shape index (κ1) is 11.6. The Labute approximate surface area is 112 Å². The molecule has 2 heteroatoms. The second kappa shape index (κ2) is 5.44. The van der Waals surface area contributed by atoms with E-state index in [9.17, 15) is 0 Å². The molecular formula is C17H15NO. The van der Waals surface area contributed by atoms with Gasteiger partial charge in [-0.3, -0.25) is 0 Å². The van der Waals surface area contributed by atoms with Crippen LogP contribution in [0.2, 0.25) is 0 Å². The van der Waals surface area contributed by atoms with E-state index >= 15 is 0 Å². The third-order valence-electron chi connectivity index (χ3n) is 2.98. The lowest BCUT2D eigenvalue weighted by Crippen LogP contribution is -2.18. The summed E-state index contributed by atoms with van der Waals surface area (Å²) in [5.74, 6) is 0. The zero-order chi connectivity index (χ0) is 12.9. The lowest BCUT2D eigenvalue weighted by atomic mass is 10.1. The average molecular weight is 249 g/mol. The number of anilines is 1. The number of benzene rings is 2.